The first kappa shape index (κ1) is 18.0. The summed E-state index contributed by atoms with van der Waals surface area (Å²) in [5, 5.41) is 4.97. The molecule has 4 rings (SSSR count). The molecular weight excluding hydrogens is 376 g/mol. The van der Waals surface area contributed by atoms with Crippen LogP contribution in [0.3, 0.4) is 0 Å². The number of rotatable bonds is 4. The van der Waals surface area contributed by atoms with E-state index < -0.39 is 5.91 Å². The van der Waals surface area contributed by atoms with E-state index in [4.69, 9.17) is 0 Å². The molecule has 1 aliphatic rings. The lowest BCUT2D eigenvalue weighted by Gasteiger charge is -2.17. The highest BCUT2D eigenvalue weighted by molar-refractivity contribution is 7.14. The number of pyridine rings is 1. The minimum atomic E-state index is -0.395. The molecule has 0 fully saturated rings. The van der Waals surface area contributed by atoms with Gasteiger partial charge >= 0.3 is 0 Å². The normalized spacial score (nSPS) is 13.2. The van der Waals surface area contributed by atoms with Gasteiger partial charge in [-0.2, -0.15) is 0 Å². The van der Waals surface area contributed by atoms with E-state index in [1.165, 1.54) is 34.4 Å². The molecule has 1 aromatic carbocycles. The molecule has 28 heavy (non-hydrogen) atoms. The van der Waals surface area contributed by atoms with Crippen LogP contribution in [0, 0.1) is 0 Å². The maximum Gasteiger partial charge on any atom is 0.261 e. The Kier molecular flexibility index (Phi) is 4.48. The van der Waals surface area contributed by atoms with E-state index >= 15 is 0 Å². The number of aromatic nitrogens is 2. The average Bonchev–Trinajstić information content (AvgIpc) is 3.25. The highest BCUT2D eigenvalue weighted by Crippen LogP contribution is 2.27. The SMILES string of the molecule is CC(C)N1C(=O)c2ccc(C(=O)Nc3nc(-c4ccccn4)cs3)cc2C1=O. The van der Waals surface area contributed by atoms with Crippen molar-refractivity contribution in [3.05, 3.63) is 64.7 Å². The Balaban J connectivity index is 1.55. The van der Waals surface area contributed by atoms with Crippen molar-refractivity contribution in [1.29, 1.82) is 0 Å². The van der Waals surface area contributed by atoms with E-state index in [0.717, 1.165) is 5.69 Å². The van der Waals surface area contributed by atoms with Crippen molar-refractivity contribution in [2.24, 2.45) is 0 Å². The van der Waals surface area contributed by atoms with Crippen LogP contribution >= 0.6 is 11.3 Å². The maximum atomic E-state index is 12.6. The van der Waals surface area contributed by atoms with Gasteiger partial charge in [0, 0.05) is 23.2 Å². The number of anilines is 1. The second-order valence-electron chi connectivity index (χ2n) is 6.54. The van der Waals surface area contributed by atoms with Gasteiger partial charge in [-0.15, -0.1) is 11.3 Å². The number of imide groups is 1. The Bertz CT molecular complexity index is 1090. The molecular formula is C20H16N4O3S. The van der Waals surface area contributed by atoms with Gasteiger partial charge in [0.25, 0.3) is 17.7 Å². The number of hydrogen-bond acceptors (Lipinski definition) is 6. The number of benzene rings is 1. The van der Waals surface area contributed by atoms with Gasteiger partial charge in [0.15, 0.2) is 5.13 Å². The molecule has 0 atom stereocenters. The smallest absolute Gasteiger partial charge is 0.261 e. The summed E-state index contributed by atoms with van der Waals surface area (Å²) in [6.07, 6.45) is 1.68. The summed E-state index contributed by atoms with van der Waals surface area (Å²) in [6, 6.07) is 9.79. The first-order chi connectivity index (χ1) is 13.5. The molecule has 0 radical (unpaired) electrons. The zero-order valence-corrected chi connectivity index (χ0v) is 16.0. The Hall–Kier alpha value is -3.39. The predicted molar refractivity (Wildman–Crippen MR) is 105 cm³/mol. The van der Waals surface area contributed by atoms with E-state index in [1.54, 1.807) is 20.0 Å². The van der Waals surface area contributed by atoms with Gasteiger partial charge in [-0.05, 0) is 44.2 Å². The summed E-state index contributed by atoms with van der Waals surface area (Å²) in [6.45, 7) is 3.55. The van der Waals surface area contributed by atoms with Gasteiger partial charge in [0.1, 0.15) is 5.69 Å². The van der Waals surface area contributed by atoms with Gasteiger partial charge in [0.2, 0.25) is 0 Å². The van der Waals surface area contributed by atoms with Crippen molar-refractivity contribution in [1.82, 2.24) is 14.9 Å². The van der Waals surface area contributed by atoms with E-state index in [0.29, 0.717) is 22.0 Å². The van der Waals surface area contributed by atoms with Crippen LogP contribution in [0.25, 0.3) is 11.4 Å². The molecule has 0 unspecified atom stereocenters. The van der Waals surface area contributed by atoms with Crippen molar-refractivity contribution in [2.75, 3.05) is 5.32 Å². The third-order valence-electron chi connectivity index (χ3n) is 4.35. The van der Waals surface area contributed by atoms with Gasteiger partial charge in [-0.1, -0.05) is 6.07 Å². The lowest BCUT2D eigenvalue weighted by Crippen LogP contribution is -2.35. The van der Waals surface area contributed by atoms with Gasteiger partial charge in [-0.25, -0.2) is 4.98 Å². The molecule has 2 aromatic heterocycles. The van der Waals surface area contributed by atoms with Gasteiger partial charge < -0.3 is 0 Å². The molecule has 0 aliphatic carbocycles. The van der Waals surface area contributed by atoms with Crippen LogP contribution in [0.5, 0.6) is 0 Å². The minimum Gasteiger partial charge on any atom is -0.298 e. The maximum absolute atomic E-state index is 12.6. The Morgan fingerprint density at radius 3 is 2.57 bits per heavy atom. The predicted octanol–water partition coefficient (Wildman–Crippen LogP) is 3.46. The van der Waals surface area contributed by atoms with Crippen molar-refractivity contribution in [3.8, 4) is 11.4 Å². The van der Waals surface area contributed by atoms with E-state index in [1.807, 2.05) is 23.6 Å². The summed E-state index contributed by atoms with van der Waals surface area (Å²) < 4.78 is 0. The first-order valence-corrected chi connectivity index (χ1v) is 9.54. The molecule has 0 bridgehead atoms. The lowest BCUT2D eigenvalue weighted by molar-refractivity contribution is 0.0609. The number of thiazole rings is 1. The minimum absolute atomic E-state index is 0.245. The topological polar surface area (TPSA) is 92.3 Å². The summed E-state index contributed by atoms with van der Waals surface area (Å²) >= 11 is 1.29. The Morgan fingerprint density at radius 1 is 1.07 bits per heavy atom. The Morgan fingerprint density at radius 2 is 1.86 bits per heavy atom. The molecule has 8 heteroatoms. The summed E-state index contributed by atoms with van der Waals surface area (Å²) in [5.74, 6) is -1.11. The molecule has 3 heterocycles. The number of carbonyl (C=O) groups excluding carboxylic acids is 3. The fourth-order valence-electron chi connectivity index (χ4n) is 3.00. The summed E-state index contributed by atoms with van der Waals surface area (Å²) in [4.78, 5) is 47.2. The number of carbonyl (C=O) groups is 3. The fraction of sp³-hybridized carbons (Fsp3) is 0.150. The van der Waals surface area contributed by atoms with Crippen molar-refractivity contribution in [3.63, 3.8) is 0 Å². The monoisotopic (exact) mass is 392 g/mol. The van der Waals surface area contributed by atoms with Crippen LogP contribution in [0.1, 0.15) is 44.9 Å². The quantitative estimate of drug-likeness (QED) is 0.687. The second kappa shape index (κ2) is 6.97. The summed E-state index contributed by atoms with van der Waals surface area (Å²) in [7, 11) is 0. The van der Waals surface area contributed by atoms with Crippen LogP contribution in [0.2, 0.25) is 0 Å². The fourth-order valence-corrected chi connectivity index (χ4v) is 3.70. The van der Waals surface area contributed by atoms with E-state index in [9.17, 15) is 14.4 Å². The zero-order chi connectivity index (χ0) is 19.8. The largest absolute Gasteiger partial charge is 0.298 e. The van der Waals surface area contributed by atoms with Crippen molar-refractivity contribution < 1.29 is 14.4 Å². The van der Waals surface area contributed by atoms with Gasteiger partial charge in [-0.3, -0.25) is 29.6 Å². The third kappa shape index (κ3) is 3.07. The lowest BCUT2D eigenvalue weighted by atomic mass is 10.1. The standard InChI is InChI=1S/C20H16N4O3S/c1-11(2)24-18(26)13-7-6-12(9-14(13)19(24)27)17(25)23-20-22-16(10-28-20)15-5-3-4-8-21-15/h3-11H,1-2H3,(H,22,23,25). The molecule has 0 spiro atoms. The molecule has 0 saturated heterocycles. The molecule has 3 amide bonds. The molecule has 0 saturated carbocycles. The van der Waals surface area contributed by atoms with Gasteiger partial charge in [0.05, 0.1) is 16.8 Å². The molecule has 7 nitrogen and oxygen atoms in total. The average molecular weight is 392 g/mol. The second-order valence-corrected chi connectivity index (χ2v) is 7.40. The van der Waals surface area contributed by atoms with Crippen LogP contribution < -0.4 is 5.32 Å². The summed E-state index contributed by atoms with van der Waals surface area (Å²) in [5.41, 5.74) is 2.25. The van der Waals surface area contributed by atoms with Crippen molar-refractivity contribution >= 4 is 34.2 Å². The van der Waals surface area contributed by atoms with Crippen molar-refractivity contribution in [2.45, 2.75) is 19.9 Å². The molecule has 3 aromatic rings. The van der Waals surface area contributed by atoms with Crippen LogP contribution in [0.15, 0.2) is 48.0 Å². The number of nitrogens with zero attached hydrogens (tertiary/aromatic N) is 3. The molecule has 1 N–H and O–H groups in total. The van der Waals surface area contributed by atoms with Crippen LogP contribution in [-0.4, -0.2) is 38.6 Å². The number of hydrogen-bond donors (Lipinski definition) is 1. The number of fused-ring (bicyclic) bond motifs is 1. The first-order valence-electron chi connectivity index (χ1n) is 8.66. The third-order valence-corrected chi connectivity index (χ3v) is 5.11. The molecule has 140 valence electrons. The molecule has 1 aliphatic heterocycles. The Labute approximate surface area is 165 Å². The van der Waals surface area contributed by atoms with E-state index in [-0.39, 0.29) is 23.4 Å². The number of nitrogens with one attached hydrogen (secondary N) is 1. The highest BCUT2D eigenvalue weighted by atomic mass is 32.1. The van der Waals surface area contributed by atoms with Crippen LogP contribution in [-0.2, 0) is 0 Å². The highest BCUT2D eigenvalue weighted by Gasteiger charge is 2.37. The van der Waals surface area contributed by atoms with Crippen LogP contribution in [0.4, 0.5) is 5.13 Å². The zero-order valence-electron chi connectivity index (χ0n) is 15.2. The van der Waals surface area contributed by atoms with E-state index in [2.05, 4.69) is 15.3 Å². The number of amides is 3.